The summed E-state index contributed by atoms with van der Waals surface area (Å²) in [6.07, 6.45) is 4.83. The molecule has 132 valence electrons. The van der Waals surface area contributed by atoms with Crippen molar-refractivity contribution in [1.29, 1.82) is 5.26 Å². The van der Waals surface area contributed by atoms with E-state index in [1.54, 1.807) is 6.20 Å². The molecule has 1 aliphatic rings. The average Bonchev–Trinajstić information content (AvgIpc) is 3.12. The van der Waals surface area contributed by atoms with Crippen molar-refractivity contribution in [1.82, 2.24) is 4.98 Å². The molecule has 4 nitrogen and oxygen atoms in total. The summed E-state index contributed by atoms with van der Waals surface area (Å²) >= 11 is 0. The Labute approximate surface area is 158 Å². The number of aromatic nitrogens is 1. The first-order valence-corrected chi connectivity index (χ1v) is 8.99. The van der Waals surface area contributed by atoms with Gasteiger partial charge in [0.1, 0.15) is 0 Å². The van der Waals surface area contributed by atoms with Crippen molar-refractivity contribution >= 4 is 11.6 Å². The molecule has 0 saturated carbocycles. The molecule has 1 amide bonds. The fraction of sp³-hybridized carbons (Fsp3) is 0.174. The van der Waals surface area contributed by atoms with Gasteiger partial charge in [-0.05, 0) is 42.2 Å². The van der Waals surface area contributed by atoms with Crippen LogP contribution in [0.3, 0.4) is 0 Å². The predicted molar refractivity (Wildman–Crippen MR) is 105 cm³/mol. The summed E-state index contributed by atoms with van der Waals surface area (Å²) in [5, 5.41) is 8.98. The van der Waals surface area contributed by atoms with Crippen molar-refractivity contribution in [2.75, 3.05) is 11.4 Å². The Balaban J connectivity index is 1.62. The number of benzene rings is 2. The Morgan fingerprint density at radius 2 is 2.00 bits per heavy atom. The van der Waals surface area contributed by atoms with E-state index in [4.69, 9.17) is 5.26 Å². The van der Waals surface area contributed by atoms with Crippen molar-refractivity contribution in [3.05, 3.63) is 83.2 Å². The Bertz CT molecular complexity index is 1050. The van der Waals surface area contributed by atoms with Crippen LogP contribution >= 0.6 is 0 Å². The molecule has 0 aliphatic carbocycles. The maximum absolute atomic E-state index is 12.9. The molecule has 2 heterocycles. The van der Waals surface area contributed by atoms with Gasteiger partial charge in [0.25, 0.3) is 0 Å². The second-order valence-corrected chi connectivity index (χ2v) is 6.84. The second-order valence-electron chi connectivity index (χ2n) is 6.84. The minimum atomic E-state index is 0.0955. The molecular formula is C23H19N3O. The standard InChI is InChI=1S/C23H19N3O/c1-16-3-2-4-18(11-16)12-23(27)26-10-9-20-21(14-25-15-22(20)26)19-7-5-17(13-24)6-8-19/h2-8,11,14-15H,9-10,12H2,1H3. The Morgan fingerprint density at radius 3 is 2.74 bits per heavy atom. The lowest BCUT2D eigenvalue weighted by molar-refractivity contribution is -0.117. The Morgan fingerprint density at radius 1 is 1.19 bits per heavy atom. The van der Waals surface area contributed by atoms with Gasteiger partial charge in [0, 0.05) is 18.3 Å². The molecule has 0 unspecified atom stereocenters. The van der Waals surface area contributed by atoms with Crippen LogP contribution in [0.1, 0.15) is 22.3 Å². The molecule has 2 aromatic carbocycles. The largest absolute Gasteiger partial charge is 0.310 e. The van der Waals surface area contributed by atoms with Crippen molar-refractivity contribution < 1.29 is 4.79 Å². The highest BCUT2D eigenvalue weighted by Crippen LogP contribution is 2.35. The zero-order valence-electron chi connectivity index (χ0n) is 15.1. The molecule has 0 fully saturated rings. The van der Waals surface area contributed by atoms with E-state index in [0.29, 0.717) is 18.5 Å². The summed E-state index contributed by atoms with van der Waals surface area (Å²) in [5.74, 6) is 0.0955. The molecule has 27 heavy (non-hydrogen) atoms. The molecule has 4 rings (SSSR count). The molecule has 0 spiro atoms. The molecule has 0 N–H and O–H groups in total. The minimum Gasteiger partial charge on any atom is -0.310 e. The highest BCUT2D eigenvalue weighted by Gasteiger charge is 2.27. The van der Waals surface area contributed by atoms with Crippen LogP contribution in [0.15, 0.2) is 60.9 Å². The van der Waals surface area contributed by atoms with Crippen molar-refractivity contribution in [2.24, 2.45) is 0 Å². The van der Waals surface area contributed by atoms with E-state index < -0.39 is 0 Å². The number of fused-ring (bicyclic) bond motifs is 1. The summed E-state index contributed by atoms with van der Waals surface area (Å²) in [6.45, 7) is 2.71. The zero-order chi connectivity index (χ0) is 18.8. The van der Waals surface area contributed by atoms with E-state index in [1.807, 2.05) is 60.5 Å². The van der Waals surface area contributed by atoms with Crippen molar-refractivity contribution in [3.63, 3.8) is 0 Å². The van der Waals surface area contributed by atoms with Crippen LogP contribution in [0.2, 0.25) is 0 Å². The van der Waals surface area contributed by atoms with Crippen LogP contribution in [0.4, 0.5) is 5.69 Å². The smallest absolute Gasteiger partial charge is 0.231 e. The third-order valence-electron chi connectivity index (χ3n) is 4.97. The third-order valence-corrected chi connectivity index (χ3v) is 4.97. The Hall–Kier alpha value is -3.45. The number of nitrogens with zero attached hydrogens (tertiary/aromatic N) is 3. The maximum Gasteiger partial charge on any atom is 0.231 e. The van der Waals surface area contributed by atoms with E-state index in [2.05, 4.69) is 17.1 Å². The van der Waals surface area contributed by atoms with Crippen molar-refractivity contribution in [2.45, 2.75) is 19.8 Å². The summed E-state index contributed by atoms with van der Waals surface area (Å²) in [4.78, 5) is 19.1. The first-order valence-electron chi connectivity index (χ1n) is 8.99. The fourth-order valence-corrected chi connectivity index (χ4v) is 3.64. The minimum absolute atomic E-state index is 0.0955. The van der Waals surface area contributed by atoms with E-state index in [9.17, 15) is 4.79 Å². The van der Waals surface area contributed by atoms with Gasteiger partial charge >= 0.3 is 0 Å². The molecule has 0 radical (unpaired) electrons. The quantitative estimate of drug-likeness (QED) is 0.713. The molecular weight excluding hydrogens is 334 g/mol. The monoisotopic (exact) mass is 353 g/mol. The number of rotatable bonds is 3. The molecule has 0 saturated heterocycles. The fourth-order valence-electron chi connectivity index (χ4n) is 3.64. The topological polar surface area (TPSA) is 57.0 Å². The summed E-state index contributed by atoms with van der Waals surface area (Å²) in [7, 11) is 0. The number of aryl methyl sites for hydroxylation is 1. The highest BCUT2D eigenvalue weighted by atomic mass is 16.2. The lowest BCUT2D eigenvalue weighted by atomic mass is 9.99. The number of carbonyl (C=O) groups excluding carboxylic acids is 1. The van der Waals surface area contributed by atoms with Crippen LogP contribution in [0.25, 0.3) is 11.1 Å². The number of pyridine rings is 1. The van der Waals surface area contributed by atoms with Gasteiger partial charge in [-0.2, -0.15) is 5.26 Å². The van der Waals surface area contributed by atoms with Crippen LogP contribution in [0.5, 0.6) is 0 Å². The van der Waals surface area contributed by atoms with Crippen LogP contribution in [-0.4, -0.2) is 17.4 Å². The number of anilines is 1. The predicted octanol–water partition coefficient (Wildman–Crippen LogP) is 4.06. The maximum atomic E-state index is 12.9. The second kappa shape index (κ2) is 7.05. The number of carbonyl (C=O) groups is 1. The third kappa shape index (κ3) is 3.32. The van der Waals surface area contributed by atoms with E-state index in [1.165, 1.54) is 0 Å². The van der Waals surface area contributed by atoms with Gasteiger partial charge in [0.15, 0.2) is 0 Å². The van der Waals surface area contributed by atoms with Gasteiger partial charge in [-0.3, -0.25) is 9.78 Å². The molecule has 0 bridgehead atoms. The first kappa shape index (κ1) is 17.0. The normalized spacial score (nSPS) is 12.5. The molecule has 1 aliphatic heterocycles. The van der Waals surface area contributed by atoms with Crippen LogP contribution < -0.4 is 4.90 Å². The molecule has 3 aromatic rings. The van der Waals surface area contributed by atoms with E-state index >= 15 is 0 Å². The SMILES string of the molecule is Cc1cccc(CC(=O)N2CCc3c(-c4ccc(C#N)cc4)cncc32)c1. The van der Waals surface area contributed by atoms with E-state index in [-0.39, 0.29) is 5.91 Å². The van der Waals surface area contributed by atoms with Crippen LogP contribution in [0, 0.1) is 18.3 Å². The average molecular weight is 353 g/mol. The van der Waals surface area contributed by atoms with Gasteiger partial charge in [0.05, 0.1) is 29.9 Å². The summed E-state index contributed by atoms with van der Waals surface area (Å²) < 4.78 is 0. The first-order chi connectivity index (χ1) is 13.2. The Kier molecular flexibility index (Phi) is 4.43. The molecule has 0 atom stereocenters. The number of hydrogen-bond donors (Lipinski definition) is 0. The highest BCUT2D eigenvalue weighted by molar-refractivity contribution is 5.97. The van der Waals surface area contributed by atoms with Crippen LogP contribution in [-0.2, 0) is 17.6 Å². The molecule has 1 aromatic heterocycles. The number of nitriles is 1. The van der Waals surface area contributed by atoms with Gasteiger partial charge in [-0.25, -0.2) is 0 Å². The lowest BCUT2D eigenvalue weighted by Crippen LogP contribution is -2.30. The lowest BCUT2D eigenvalue weighted by Gasteiger charge is -2.18. The van der Waals surface area contributed by atoms with Gasteiger partial charge in [-0.15, -0.1) is 0 Å². The zero-order valence-corrected chi connectivity index (χ0v) is 15.1. The van der Waals surface area contributed by atoms with Crippen molar-refractivity contribution in [3.8, 4) is 17.2 Å². The van der Waals surface area contributed by atoms with Gasteiger partial charge in [0.2, 0.25) is 5.91 Å². The molecule has 4 heteroatoms. The summed E-state index contributed by atoms with van der Waals surface area (Å²) in [5.41, 5.74) is 6.92. The van der Waals surface area contributed by atoms with Gasteiger partial charge in [-0.1, -0.05) is 42.0 Å². The summed E-state index contributed by atoms with van der Waals surface area (Å²) in [6, 6.07) is 17.7. The number of amides is 1. The number of hydrogen-bond acceptors (Lipinski definition) is 3. The van der Waals surface area contributed by atoms with Gasteiger partial charge < -0.3 is 4.90 Å². The van der Waals surface area contributed by atoms with E-state index in [0.717, 1.165) is 39.9 Å².